The predicted octanol–water partition coefficient (Wildman–Crippen LogP) is 2.55. The number of halogens is 2. The lowest BCUT2D eigenvalue weighted by Gasteiger charge is -2.07. The van der Waals surface area contributed by atoms with E-state index in [2.05, 4.69) is 20.2 Å². The summed E-state index contributed by atoms with van der Waals surface area (Å²) < 4.78 is 26.7. The first-order valence-electron chi connectivity index (χ1n) is 6.71. The van der Waals surface area contributed by atoms with Crippen molar-refractivity contribution in [3.63, 3.8) is 0 Å². The third-order valence-corrected chi connectivity index (χ3v) is 5.46. The number of nitrogens with zero attached hydrogens (tertiary/aromatic N) is 5. The molecular weight excluding hydrogens is 373 g/mol. The van der Waals surface area contributed by atoms with Crippen LogP contribution in [0.3, 0.4) is 0 Å². The van der Waals surface area contributed by atoms with Crippen LogP contribution in [0, 0.1) is 0 Å². The van der Waals surface area contributed by atoms with Crippen LogP contribution >= 0.6 is 23.2 Å². The highest BCUT2D eigenvalue weighted by Crippen LogP contribution is 2.25. The Morgan fingerprint density at radius 1 is 1.17 bits per heavy atom. The fraction of sp³-hybridized carbons (Fsp3) is 0.143. The molecule has 3 aromatic rings. The minimum Gasteiger partial charge on any atom is -0.300 e. The lowest BCUT2D eigenvalue weighted by molar-refractivity contribution is 0.577. The summed E-state index contributed by atoms with van der Waals surface area (Å²) in [6.07, 6.45) is 4.49. The van der Waals surface area contributed by atoms with Gasteiger partial charge in [-0.2, -0.15) is 0 Å². The third kappa shape index (κ3) is 3.26. The normalized spacial score (nSPS) is 11.6. The van der Waals surface area contributed by atoms with E-state index in [0.717, 1.165) is 0 Å². The summed E-state index contributed by atoms with van der Waals surface area (Å²) >= 11 is 11.9. The van der Waals surface area contributed by atoms with Gasteiger partial charge >= 0.3 is 0 Å². The molecule has 0 unspecified atom stereocenters. The first-order chi connectivity index (χ1) is 11.4. The molecule has 0 atom stereocenters. The molecule has 7 nitrogen and oxygen atoms in total. The van der Waals surface area contributed by atoms with Crippen molar-refractivity contribution in [3.8, 4) is 11.5 Å². The predicted molar refractivity (Wildman–Crippen MR) is 89.4 cm³/mol. The highest BCUT2D eigenvalue weighted by atomic mass is 35.5. The quantitative estimate of drug-likeness (QED) is 0.687. The Labute approximate surface area is 148 Å². The van der Waals surface area contributed by atoms with Gasteiger partial charge in [-0.3, -0.25) is 9.55 Å². The first-order valence-corrected chi connectivity index (χ1v) is 9.12. The van der Waals surface area contributed by atoms with E-state index in [1.807, 2.05) is 0 Å². The van der Waals surface area contributed by atoms with Crippen LogP contribution in [0.4, 0.5) is 0 Å². The van der Waals surface area contributed by atoms with Crippen LogP contribution in [0.2, 0.25) is 10.0 Å². The molecule has 2 heterocycles. The van der Waals surface area contributed by atoms with E-state index < -0.39 is 9.84 Å². The molecule has 0 saturated carbocycles. The zero-order valence-electron chi connectivity index (χ0n) is 12.4. The number of sulfone groups is 1. The number of rotatable bonds is 4. The zero-order valence-corrected chi connectivity index (χ0v) is 14.7. The third-order valence-electron chi connectivity index (χ3n) is 3.27. The number of hydrogen-bond acceptors (Lipinski definition) is 6. The summed E-state index contributed by atoms with van der Waals surface area (Å²) in [4.78, 5) is 8.03. The van der Waals surface area contributed by atoms with Crippen LogP contribution in [-0.4, -0.2) is 33.2 Å². The van der Waals surface area contributed by atoms with Crippen LogP contribution < -0.4 is 0 Å². The molecule has 0 N–H and O–H groups in total. The lowest BCUT2D eigenvalue weighted by Crippen LogP contribution is -2.12. The fourth-order valence-corrected chi connectivity index (χ4v) is 4.15. The number of benzene rings is 1. The Hall–Kier alpha value is -2.03. The highest BCUT2D eigenvalue weighted by molar-refractivity contribution is 7.90. The van der Waals surface area contributed by atoms with Crippen LogP contribution in [-0.2, 0) is 22.6 Å². The van der Waals surface area contributed by atoms with Crippen molar-refractivity contribution in [1.29, 1.82) is 0 Å². The Bertz CT molecular complexity index is 990. The van der Waals surface area contributed by atoms with E-state index in [1.54, 1.807) is 19.2 Å². The summed E-state index contributed by atoms with van der Waals surface area (Å²) in [5.74, 6) is -0.000929. The molecule has 0 aliphatic heterocycles. The maximum Gasteiger partial charge on any atom is 0.250 e. The average molecular weight is 384 g/mol. The molecule has 0 aliphatic rings. The molecule has 0 bridgehead atoms. The summed E-state index contributed by atoms with van der Waals surface area (Å²) in [5.41, 5.74) is 0.864. The summed E-state index contributed by atoms with van der Waals surface area (Å²) in [6, 6.07) is 4.65. The smallest absolute Gasteiger partial charge is 0.250 e. The minimum absolute atomic E-state index is 0.172. The van der Waals surface area contributed by atoms with E-state index in [4.69, 9.17) is 23.2 Å². The molecule has 3 rings (SSSR count). The van der Waals surface area contributed by atoms with E-state index in [0.29, 0.717) is 22.1 Å². The molecule has 124 valence electrons. The Balaban J connectivity index is 1.98. The van der Waals surface area contributed by atoms with Gasteiger partial charge in [0.2, 0.25) is 15.0 Å². The van der Waals surface area contributed by atoms with Crippen molar-refractivity contribution < 1.29 is 8.42 Å². The number of aromatic nitrogens is 5. The largest absolute Gasteiger partial charge is 0.300 e. The van der Waals surface area contributed by atoms with Crippen molar-refractivity contribution in [2.75, 3.05) is 0 Å². The summed E-state index contributed by atoms with van der Waals surface area (Å²) in [5, 5.41) is 8.25. The molecule has 0 saturated heterocycles. The van der Waals surface area contributed by atoms with E-state index in [1.165, 1.54) is 29.2 Å². The van der Waals surface area contributed by atoms with Gasteiger partial charge < -0.3 is 0 Å². The SMILES string of the molecule is Cn1c(-c2cnccn2)nnc1S(=O)(=O)Cc1ccc(Cl)cc1Cl. The second-order valence-corrected chi connectivity index (χ2v) is 7.68. The monoisotopic (exact) mass is 383 g/mol. The van der Waals surface area contributed by atoms with Crippen LogP contribution in [0.25, 0.3) is 11.5 Å². The Kier molecular flexibility index (Phi) is 4.53. The second kappa shape index (κ2) is 6.46. The van der Waals surface area contributed by atoms with Gasteiger partial charge in [0.1, 0.15) is 5.69 Å². The van der Waals surface area contributed by atoms with Crippen LogP contribution in [0.1, 0.15) is 5.56 Å². The summed E-state index contributed by atoms with van der Waals surface area (Å²) in [6.45, 7) is 0. The van der Waals surface area contributed by atoms with Crippen LogP contribution in [0.5, 0.6) is 0 Å². The lowest BCUT2D eigenvalue weighted by atomic mass is 10.2. The van der Waals surface area contributed by atoms with E-state index >= 15 is 0 Å². The second-order valence-electron chi connectivity index (χ2n) is 4.95. The fourth-order valence-electron chi connectivity index (χ4n) is 2.13. The zero-order chi connectivity index (χ0) is 17.3. The van der Waals surface area contributed by atoms with Crippen LogP contribution in [0.15, 0.2) is 41.9 Å². The molecule has 0 radical (unpaired) electrons. The summed E-state index contributed by atoms with van der Waals surface area (Å²) in [7, 11) is -2.20. The maximum absolute atomic E-state index is 12.7. The Morgan fingerprint density at radius 3 is 2.62 bits per heavy atom. The van der Waals surface area contributed by atoms with Gasteiger partial charge in [0.05, 0.1) is 11.9 Å². The van der Waals surface area contributed by atoms with Crippen molar-refractivity contribution >= 4 is 33.0 Å². The molecule has 0 fully saturated rings. The van der Waals surface area contributed by atoms with Crippen molar-refractivity contribution in [2.45, 2.75) is 10.9 Å². The molecule has 0 aliphatic carbocycles. The molecule has 24 heavy (non-hydrogen) atoms. The molecule has 10 heteroatoms. The van der Waals surface area contributed by atoms with Gasteiger partial charge in [0, 0.05) is 29.5 Å². The molecule has 2 aromatic heterocycles. The standard InChI is InChI=1S/C14H11Cl2N5O2S/c1-21-13(12-7-17-4-5-18-12)19-20-14(21)24(22,23)8-9-2-3-10(15)6-11(9)16/h2-7H,8H2,1H3. The molecule has 1 aromatic carbocycles. The maximum atomic E-state index is 12.7. The molecule has 0 spiro atoms. The van der Waals surface area contributed by atoms with Gasteiger partial charge in [0.15, 0.2) is 5.82 Å². The topological polar surface area (TPSA) is 90.6 Å². The van der Waals surface area contributed by atoms with Gasteiger partial charge in [-0.1, -0.05) is 29.3 Å². The van der Waals surface area contributed by atoms with Crippen molar-refractivity contribution in [1.82, 2.24) is 24.7 Å². The first kappa shape index (κ1) is 16.8. The van der Waals surface area contributed by atoms with E-state index in [-0.39, 0.29) is 15.9 Å². The molecular formula is C14H11Cl2N5O2S. The number of hydrogen-bond donors (Lipinski definition) is 0. The van der Waals surface area contributed by atoms with Gasteiger partial charge in [-0.15, -0.1) is 10.2 Å². The van der Waals surface area contributed by atoms with Gasteiger partial charge in [-0.05, 0) is 17.7 Å². The van der Waals surface area contributed by atoms with Gasteiger partial charge in [0.25, 0.3) is 0 Å². The Morgan fingerprint density at radius 2 is 1.96 bits per heavy atom. The average Bonchev–Trinajstić information content (AvgIpc) is 2.93. The van der Waals surface area contributed by atoms with E-state index in [9.17, 15) is 8.42 Å². The van der Waals surface area contributed by atoms with Crippen molar-refractivity contribution in [3.05, 3.63) is 52.4 Å². The van der Waals surface area contributed by atoms with Crippen molar-refractivity contribution in [2.24, 2.45) is 7.05 Å². The molecule has 0 amide bonds. The minimum atomic E-state index is -3.75. The van der Waals surface area contributed by atoms with Gasteiger partial charge in [-0.25, -0.2) is 13.4 Å². The highest BCUT2D eigenvalue weighted by Gasteiger charge is 2.25.